The number of rotatable bonds is 7. The molecule has 5 rings (SSSR count). The molecule has 0 bridgehead atoms. The van der Waals surface area contributed by atoms with E-state index in [2.05, 4.69) is 19.0 Å². The molecule has 1 saturated heterocycles. The zero-order chi connectivity index (χ0) is 31.1. The van der Waals surface area contributed by atoms with Gasteiger partial charge in [0.05, 0.1) is 46.2 Å². The average molecular weight is 626 g/mol. The van der Waals surface area contributed by atoms with Gasteiger partial charge in [-0.25, -0.2) is 4.79 Å². The van der Waals surface area contributed by atoms with Gasteiger partial charge in [-0.1, -0.05) is 23.7 Å². The summed E-state index contributed by atoms with van der Waals surface area (Å²) in [6, 6.07) is 7.04. The molecule has 226 valence electrons. The molecule has 1 atom stereocenters. The van der Waals surface area contributed by atoms with Crippen LogP contribution in [0.15, 0.2) is 35.3 Å². The number of fused-ring (bicyclic) bond motifs is 1. The fraction of sp³-hybridized carbons (Fsp3) is 0.387. The van der Waals surface area contributed by atoms with Crippen molar-refractivity contribution in [2.45, 2.75) is 66.0 Å². The van der Waals surface area contributed by atoms with Gasteiger partial charge < -0.3 is 24.7 Å². The molecular weight excluding hydrogens is 592 g/mol. The molecule has 0 unspecified atom stereocenters. The topological polar surface area (TPSA) is 127 Å². The molecular formula is C31H34ClN5O5S. The maximum atomic E-state index is 13.6. The third kappa shape index (κ3) is 6.52. The molecule has 0 spiro atoms. The highest BCUT2D eigenvalue weighted by molar-refractivity contribution is 6.99. The van der Waals surface area contributed by atoms with Gasteiger partial charge in [-0.3, -0.25) is 9.59 Å². The number of hydrogen-bond donors (Lipinski definition) is 2. The Balaban J connectivity index is 1.53. The summed E-state index contributed by atoms with van der Waals surface area (Å²) in [4.78, 5) is 44.0. The number of ether oxygens (including phenoxy) is 2. The lowest BCUT2D eigenvalue weighted by atomic mass is 9.95. The van der Waals surface area contributed by atoms with Crippen molar-refractivity contribution < 1.29 is 19.1 Å². The number of nitrogens with zero attached hydrogens (tertiary/aromatic N) is 3. The zero-order valence-corrected chi connectivity index (χ0v) is 26.5. The largest absolute Gasteiger partial charge is 0.492 e. The summed E-state index contributed by atoms with van der Waals surface area (Å²) < 4.78 is 19.9. The van der Waals surface area contributed by atoms with Crippen molar-refractivity contribution in [3.05, 3.63) is 68.1 Å². The summed E-state index contributed by atoms with van der Waals surface area (Å²) in [5.41, 5.74) is 3.96. The van der Waals surface area contributed by atoms with Crippen LogP contribution in [0.2, 0.25) is 5.02 Å². The Labute approximate surface area is 258 Å². The van der Waals surface area contributed by atoms with Crippen LogP contribution < -0.4 is 15.6 Å². The predicted molar refractivity (Wildman–Crippen MR) is 169 cm³/mol. The third-order valence-corrected chi connectivity index (χ3v) is 8.38. The Morgan fingerprint density at radius 2 is 1.93 bits per heavy atom. The summed E-state index contributed by atoms with van der Waals surface area (Å²) in [6.45, 7) is 12.4. The van der Waals surface area contributed by atoms with Gasteiger partial charge in [0.1, 0.15) is 11.4 Å². The van der Waals surface area contributed by atoms with Crippen LogP contribution in [-0.4, -0.2) is 55.4 Å². The molecule has 3 heterocycles. The van der Waals surface area contributed by atoms with Gasteiger partial charge in [0, 0.05) is 24.4 Å². The van der Waals surface area contributed by atoms with Crippen LogP contribution in [-0.2, 0) is 4.74 Å². The first-order valence-electron chi connectivity index (χ1n) is 14.0. The molecule has 2 aromatic carbocycles. The summed E-state index contributed by atoms with van der Waals surface area (Å²) in [5, 5.41) is 3.38. The number of amides is 2. The summed E-state index contributed by atoms with van der Waals surface area (Å²) in [5.74, 6) is 0.179. The van der Waals surface area contributed by atoms with Crippen molar-refractivity contribution in [1.29, 1.82) is 0 Å². The molecule has 2 N–H and O–H groups in total. The van der Waals surface area contributed by atoms with Gasteiger partial charge in [-0.05, 0) is 82.3 Å². The molecule has 2 amide bonds. The molecule has 0 aliphatic carbocycles. The number of pyridine rings is 1. The van der Waals surface area contributed by atoms with Gasteiger partial charge >= 0.3 is 6.09 Å². The number of aryl methyl sites for hydroxylation is 2. The first-order valence-corrected chi connectivity index (χ1v) is 15.1. The Morgan fingerprint density at radius 1 is 1.21 bits per heavy atom. The van der Waals surface area contributed by atoms with Gasteiger partial charge in [0.25, 0.3) is 11.5 Å². The number of halogens is 1. The van der Waals surface area contributed by atoms with E-state index in [1.54, 1.807) is 17.0 Å². The maximum Gasteiger partial charge on any atom is 0.410 e. The van der Waals surface area contributed by atoms with Crippen molar-refractivity contribution in [2.75, 3.05) is 18.5 Å². The van der Waals surface area contributed by atoms with Crippen LogP contribution in [0.1, 0.15) is 60.7 Å². The monoisotopic (exact) mass is 625 g/mol. The van der Waals surface area contributed by atoms with Crippen molar-refractivity contribution in [3.63, 3.8) is 0 Å². The number of likely N-dealkylation sites (tertiary alicyclic amines) is 1. The quantitative estimate of drug-likeness (QED) is 0.235. The lowest BCUT2D eigenvalue weighted by molar-refractivity contribution is -0.00866. The number of aromatic nitrogens is 3. The van der Waals surface area contributed by atoms with E-state index in [-0.39, 0.29) is 34.9 Å². The number of H-pyrrole nitrogens is 1. The summed E-state index contributed by atoms with van der Waals surface area (Å²) in [7, 11) is 0. The van der Waals surface area contributed by atoms with Gasteiger partial charge in [-0.15, -0.1) is 0 Å². The molecule has 1 fully saturated rings. The van der Waals surface area contributed by atoms with E-state index in [0.717, 1.165) is 34.8 Å². The average Bonchev–Trinajstić information content (AvgIpc) is 3.40. The van der Waals surface area contributed by atoms with Gasteiger partial charge in [0.15, 0.2) is 5.82 Å². The standard InChI is InChI=1S/C31H34ClN5O5S/c1-16-11-19(12-17(2)18(16)3)26-27(41-10-8-20-7-9-37(20)30(40)42-31(4,5)6)22-13-21(23(32)14-24(22)34-29(26)39)28(38)35-25-15-33-43-36-25/h11-15,20H,7-10H2,1-6H3,(H,34,39)(H,35,36,38)/t20-/m0/s1/i28+2. The van der Waals surface area contributed by atoms with Crippen LogP contribution in [0.5, 0.6) is 5.75 Å². The fourth-order valence-electron chi connectivity index (χ4n) is 5.06. The van der Waals surface area contributed by atoms with Gasteiger partial charge in [-0.2, -0.15) is 8.75 Å². The first-order chi connectivity index (χ1) is 20.3. The minimum atomic E-state index is -0.585. The van der Waals surface area contributed by atoms with Crippen LogP contribution in [0.4, 0.5) is 10.6 Å². The Morgan fingerprint density at radius 3 is 2.53 bits per heavy atom. The minimum absolute atomic E-state index is 0.0436. The minimum Gasteiger partial charge on any atom is -0.492 e. The second-order valence-corrected chi connectivity index (χ2v) is 12.7. The predicted octanol–water partition coefficient (Wildman–Crippen LogP) is 6.66. The molecule has 2 aromatic heterocycles. The van der Waals surface area contributed by atoms with E-state index in [9.17, 15) is 14.4 Å². The Kier molecular flexibility index (Phi) is 8.49. The van der Waals surface area contributed by atoms with E-state index in [1.807, 2.05) is 53.7 Å². The number of aromatic amines is 1. The second kappa shape index (κ2) is 12.0. The number of benzene rings is 2. The lowest BCUT2D eigenvalue weighted by Crippen LogP contribution is -2.53. The maximum absolute atomic E-state index is 13.6. The van der Waals surface area contributed by atoms with E-state index in [4.69, 9.17) is 21.1 Å². The number of nitrogens with one attached hydrogen (secondary N) is 2. The van der Waals surface area contributed by atoms with Crippen molar-refractivity contribution in [3.8, 4) is 16.9 Å². The van der Waals surface area contributed by atoms with E-state index < -0.39 is 11.5 Å². The van der Waals surface area contributed by atoms with E-state index in [0.29, 0.717) is 46.6 Å². The van der Waals surface area contributed by atoms with Crippen LogP contribution in [0.25, 0.3) is 22.0 Å². The van der Waals surface area contributed by atoms with Crippen LogP contribution in [0.3, 0.4) is 0 Å². The highest BCUT2D eigenvalue weighted by atomic mass is 35.5. The third-order valence-electron chi connectivity index (χ3n) is 7.59. The molecule has 1 aliphatic rings. The SMILES string of the molecule is Cc1cc(-c2c(OCC[C@@H]3CCN3C(=O)OC(C)(C)C)c3cc([14C](=O)Nc4cnsn4)c(Cl)cc3[nH]c2=O)cc(C)c1C. The first kappa shape index (κ1) is 30.5. The molecule has 0 saturated carbocycles. The molecule has 12 heteroatoms. The molecule has 1 aliphatic heterocycles. The summed E-state index contributed by atoms with van der Waals surface area (Å²) in [6.07, 6.45) is 2.46. The molecule has 0 radical (unpaired) electrons. The Hall–Kier alpha value is -3.96. The van der Waals surface area contributed by atoms with Crippen LogP contribution in [0, 0.1) is 20.8 Å². The van der Waals surface area contributed by atoms with Crippen molar-refractivity contribution >= 4 is 52.1 Å². The number of carbonyl (C=O) groups is 2. The van der Waals surface area contributed by atoms with E-state index in [1.165, 1.54) is 6.20 Å². The number of carbonyl (C=O) groups excluding carboxylic acids is 2. The van der Waals surface area contributed by atoms with Crippen molar-refractivity contribution in [1.82, 2.24) is 18.6 Å². The van der Waals surface area contributed by atoms with E-state index >= 15 is 0 Å². The normalized spacial score (nSPS) is 14.9. The fourth-order valence-corrected chi connectivity index (χ4v) is 5.68. The Bertz CT molecular complexity index is 1740. The lowest BCUT2D eigenvalue weighted by Gasteiger charge is -2.41. The second-order valence-electron chi connectivity index (χ2n) is 11.8. The number of anilines is 1. The zero-order valence-electron chi connectivity index (χ0n) is 25.0. The smallest absolute Gasteiger partial charge is 0.410 e. The molecule has 4 aromatic rings. The number of hydrogen-bond acceptors (Lipinski definition) is 8. The highest BCUT2D eigenvalue weighted by Gasteiger charge is 2.35. The van der Waals surface area contributed by atoms with Gasteiger partial charge in [0.2, 0.25) is 0 Å². The van der Waals surface area contributed by atoms with Crippen molar-refractivity contribution in [2.24, 2.45) is 0 Å². The highest BCUT2D eigenvalue weighted by Crippen LogP contribution is 2.37. The van der Waals surface area contributed by atoms with Crippen LogP contribution >= 0.6 is 23.3 Å². The molecule has 43 heavy (non-hydrogen) atoms. The summed E-state index contributed by atoms with van der Waals surface area (Å²) >= 11 is 7.49. The molecule has 10 nitrogen and oxygen atoms in total.